The van der Waals surface area contributed by atoms with E-state index in [0.717, 1.165) is 25.7 Å². The average molecular weight is 481 g/mol. The molecule has 4 aromatic rings. The molecule has 0 aliphatic heterocycles. The Kier molecular flexibility index (Phi) is 15.6. The van der Waals surface area contributed by atoms with Crippen molar-refractivity contribution in [2.24, 2.45) is 0 Å². The van der Waals surface area contributed by atoms with Gasteiger partial charge in [-0.2, -0.15) is 0 Å². The molecule has 192 valence electrons. The van der Waals surface area contributed by atoms with Gasteiger partial charge in [0.1, 0.15) is 0 Å². The first-order chi connectivity index (χ1) is 17.3. The molecule has 0 fully saturated rings. The Morgan fingerprint density at radius 1 is 0.333 bits per heavy atom. The molecule has 0 aliphatic carbocycles. The van der Waals surface area contributed by atoms with Crippen molar-refractivity contribution in [3.05, 3.63) is 142 Å². The van der Waals surface area contributed by atoms with Crippen molar-refractivity contribution in [3.8, 4) is 0 Å². The van der Waals surface area contributed by atoms with Crippen LogP contribution in [0.15, 0.2) is 97.1 Å². The van der Waals surface area contributed by atoms with E-state index in [1.165, 1.54) is 44.5 Å². The highest BCUT2D eigenvalue weighted by molar-refractivity contribution is 5.24. The van der Waals surface area contributed by atoms with Crippen molar-refractivity contribution in [2.75, 3.05) is 0 Å². The second kappa shape index (κ2) is 18.2. The molecule has 0 unspecified atom stereocenters. The average Bonchev–Trinajstić information content (AvgIpc) is 2.91. The second-order valence-corrected chi connectivity index (χ2v) is 9.36. The van der Waals surface area contributed by atoms with E-state index in [2.05, 4.69) is 152 Å². The minimum Gasteiger partial charge on any atom is -0.0617 e. The Morgan fingerprint density at radius 3 is 0.944 bits per heavy atom. The molecule has 0 aromatic heterocycles. The molecule has 0 N–H and O–H groups in total. The van der Waals surface area contributed by atoms with Gasteiger partial charge in [0.15, 0.2) is 0 Å². The minimum absolute atomic E-state index is 1.14. The summed E-state index contributed by atoms with van der Waals surface area (Å²) >= 11 is 0. The zero-order valence-corrected chi connectivity index (χ0v) is 24.1. The predicted octanol–water partition coefficient (Wildman–Crippen LogP) is 10.2. The van der Waals surface area contributed by atoms with E-state index in [1.54, 1.807) is 0 Å². The lowest BCUT2D eigenvalue weighted by atomic mass is 10.1. The van der Waals surface area contributed by atoms with Crippen LogP contribution in [0.4, 0.5) is 0 Å². The van der Waals surface area contributed by atoms with Crippen molar-refractivity contribution in [3.63, 3.8) is 0 Å². The third kappa shape index (κ3) is 13.7. The van der Waals surface area contributed by atoms with Gasteiger partial charge in [0.25, 0.3) is 0 Å². The number of hydrogen-bond donors (Lipinski definition) is 0. The molecule has 4 aromatic carbocycles. The summed E-state index contributed by atoms with van der Waals surface area (Å²) in [5.41, 5.74) is 11.1. The summed E-state index contributed by atoms with van der Waals surface area (Å²) in [4.78, 5) is 0. The predicted molar refractivity (Wildman–Crippen MR) is 162 cm³/mol. The van der Waals surface area contributed by atoms with Crippen LogP contribution in [-0.2, 0) is 25.7 Å². The number of hydrogen-bond acceptors (Lipinski definition) is 0. The molecule has 0 saturated heterocycles. The molecule has 0 heteroatoms. The molecule has 0 bridgehead atoms. The summed E-state index contributed by atoms with van der Waals surface area (Å²) in [6, 6.07) is 34.5. The molecule has 0 saturated carbocycles. The number of aryl methyl sites for hydroxylation is 8. The summed E-state index contributed by atoms with van der Waals surface area (Å²) in [7, 11) is 0. The van der Waals surface area contributed by atoms with Gasteiger partial charge in [-0.3, -0.25) is 0 Å². The van der Waals surface area contributed by atoms with Gasteiger partial charge >= 0.3 is 0 Å². The molecular weight excluding hydrogens is 432 g/mol. The SMILES string of the molecule is CCc1ccc(CC)cc1.CCc1cccc(CC)c1.Cc1ccc(C)cc1.Cc1cccc(C)c1. The standard InChI is InChI=1S/2C10H14.2C8H10/c1-3-9-5-7-10(4-2)8-6-9;1-3-9-6-5-7-10(4-2)8-9;1-7-3-5-8(2)6-4-7;1-7-4-3-5-8(2)6-7/h2*5-8H,3-4H2,1-2H3;2*3-6H,1-2H3. The quantitative estimate of drug-likeness (QED) is 0.272. The van der Waals surface area contributed by atoms with Crippen LogP contribution in [0.1, 0.15) is 72.2 Å². The van der Waals surface area contributed by atoms with E-state index in [4.69, 9.17) is 0 Å². The Morgan fingerprint density at radius 2 is 0.667 bits per heavy atom. The fraction of sp³-hybridized carbons (Fsp3) is 0.333. The van der Waals surface area contributed by atoms with Crippen molar-refractivity contribution in [1.82, 2.24) is 0 Å². The maximum Gasteiger partial charge on any atom is -0.0307 e. The van der Waals surface area contributed by atoms with Crippen molar-refractivity contribution in [2.45, 2.75) is 81.1 Å². The van der Waals surface area contributed by atoms with E-state index in [1.807, 2.05) is 0 Å². The first-order valence-electron chi connectivity index (χ1n) is 13.5. The molecule has 0 radical (unpaired) electrons. The van der Waals surface area contributed by atoms with Crippen LogP contribution in [0.5, 0.6) is 0 Å². The van der Waals surface area contributed by atoms with E-state index < -0.39 is 0 Å². The van der Waals surface area contributed by atoms with Crippen LogP contribution < -0.4 is 0 Å². The maximum atomic E-state index is 2.28. The van der Waals surface area contributed by atoms with Gasteiger partial charge in [-0.1, -0.05) is 147 Å². The largest absolute Gasteiger partial charge is 0.0617 e. The fourth-order valence-corrected chi connectivity index (χ4v) is 3.52. The third-order valence-corrected chi connectivity index (χ3v) is 6.04. The van der Waals surface area contributed by atoms with Gasteiger partial charge in [-0.05, 0) is 75.6 Å². The van der Waals surface area contributed by atoms with E-state index in [9.17, 15) is 0 Å². The Balaban J connectivity index is 0.000000241. The van der Waals surface area contributed by atoms with E-state index in [0.29, 0.717) is 0 Å². The van der Waals surface area contributed by atoms with Gasteiger partial charge in [0, 0.05) is 0 Å². The Hall–Kier alpha value is -3.12. The van der Waals surface area contributed by atoms with Crippen LogP contribution in [0, 0.1) is 27.7 Å². The second-order valence-electron chi connectivity index (χ2n) is 9.36. The van der Waals surface area contributed by atoms with E-state index in [-0.39, 0.29) is 0 Å². The lowest BCUT2D eigenvalue weighted by Crippen LogP contribution is -1.83. The first-order valence-corrected chi connectivity index (χ1v) is 13.5. The van der Waals surface area contributed by atoms with Gasteiger partial charge in [-0.25, -0.2) is 0 Å². The highest BCUT2D eigenvalue weighted by Crippen LogP contribution is 2.06. The third-order valence-electron chi connectivity index (χ3n) is 6.04. The molecular formula is C36H48. The maximum absolute atomic E-state index is 2.28. The Labute approximate surface area is 222 Å². The summed E-state index contributed by atoms with van der Waals surface area (Å²) in [5.74, 6) is 0. The summed E-state index contributed by atoms with van der Waals surface area (Å²) in [6.45, 7) is 17.1. The van der Waals surface area contributed by atoms with Crippen LogP contribution in [-0.4, -0.2) is 0 Å². The normalized spacial score (nSPS) is 9.56. The molecule has 36 heavy (non-hydrogen) atoms. The smallest absolute Gasteiger partial charge is 0.0307 e. The molecule has 4 rings (SSSR count). The van der Waals surface area contributed by atoms with Crippen LogP contribution in [0.3, 0.4) is 0 Å². The summed E-state index contributed by atoms with van der Waals surface area (Å²) < 4.78 is 0. The highest BCUT2D eigenvalue weighted by atomic mass is 14.0. The van der Waals surface area contributed by atoms with Crippen molar-refractivity contribution < 1.29 is 0 Å². The highest BCUT2D eigenvalue weighted by Gasteiger charge is 1.90. The van der Waals surface area contributed by atoms with Crippen molar-refractivity contribution >= 4 is 0 Å². The van der Waals surface area contributed by atoms with Gasteiger partial charge < -0.3 is 0 Å². The van der Waals surface area contributed by atoms with Crippen molar-refractivity contribution in [1.29, 1.82) is 0 Å². The molecule has 0 amide bonds. The lowest BCUT2D eigenvalue weighted by molar-refractivity contribution is 1.09. The van der Waals surface area contributed by atoms with E-state index >= 15 is 0 Å². The molecule has 0 atom stereocenters. The molecule has 0 aliphatic rings. The topological polar surface area (TPSA) is 0 Å². The van der Waals surface area contributed by atoms with Crippen LogP contribution >= 0.6 is 0 Å². The Bertz CT molecular complexity index is 1000. The molecule has 0 nitrogen and oxygen atoms in total. The van der Waals surface area contributed by atoms with Gasteiger partial charge in [0.05, 0.1) is 0 Å². The fourth-order valence-electron chi connectivity index (χ4n) is 3.52. The number of benzene rings is 4. The molecule has 0 heterocycles. The monoisotopic (exact) mass is 480 g/mol. The number of rotatable bonds is 4. The van der Waals surface area contributed by atoms with Crippen LogP contribution in [0.25, 0.3) is 0 Å². The minimum atomic E-state index is 1.14. The summed E-state index contributed by atoms with van der Waals surface area (Å²) in [6.07, 6.45) is 4.58. The first kappa shape index (κ1) is 30.9. The zero-order chi connectivity index (χ0) is 26.8. The van der Waals surface area contributed by atoms with Gasteiger partial charge in [-0.15, -0.1) is 0 Å². The molecule has 0 spiro atoms. The zero-order valence-electron chi connectivity index (χ0n) is 24.1. The summed E-state index contributed by atoms with van der Waals surface area (Å²) in [5, 5.41) is 0. The lowest BCUT2D eigenvalue weighted by Gasteiger charge is -1.98. The van der Waals surface area contributed by atoms with Crippen LogP contribution in [0.2, 0.25) is 0 Å². The van der Waals surface area contributed by atoms with Gasteiger partial charge in [0.2, 0.25) is 0 Å².